The lowest BCUT2D eigenvalue weighted by Gasteiger charge is -2.09. The number of alkyl halides is 3. The molecule has 2 heterocycles. The van der Waals surface area contributed by atoms with Crippen LogP contribution in [0.3, 0.4) is 0 Å². The van der Waals surface area contributed by atoms with Gasteiger partial charge in [-0.2, -0.15) is 13.2 Å². The first-order valence-corrected chi connectivity index (χ1v) is 4.99. The maximum absolute atomic E-state index is 12.5. The second kappa shape index (κ2) is 4.33. The molecule has 0 aromatic carbocycles. The van der Waals surface area contributed by atoms with Crippen molar-refractivity contribution in [2.24, 2.45) is 0 Å². The number of nitrogens with zero attached hydrogens (tertiary/aromatic N) is 2. The number of pyridine rings is 2. The Morgan fingerprint density at radius 1 is 1.18 bits per heavy atom. The van der Waals surface area contributed by atoms with Crippen molar-refractivity contribution >= 4 is 11.6 Å². The molecule has 0 fully saturated rings. The molecule has 0 bridgehead atoms. The topological polar surface area (TPSA) is 25.8 Å². The van der Waals surface area contributed by atoms with Gasteiger partial charge in [0.25, 0.3) is 0 Å². The van der Waals surface area contributed by atoms with E-state index in [2.05, 4.69) is 9.97 Å². The molecule has 2 aromatic heterocycles. The Kier molecular flexibility index (Phi) is 3.02. The van der Waals surface area contributed by atoms with E-state index in [-0.39, 0.29) is 10.7 Å². The monoisotopic (exact) mass is 258 g/mol. The lowest BCUT2D eigenvalue weighted by Crippen LogP contribution is -2.05. The van der Waals surface area contributed by atoms with Gasteiger partial charge >= 0.3 is 6.18 Å². The van der Waals surface area contributed by atoms with E-state index < -0.39 is 11.7 Å². The van der Waals surface area contributed by atoms with Crippen molar-refractivity contribution in [1.82, 2.24) is 9.97 Å². The van der Waals surface area contributed by atoms with E-state index in [4.69, 9.17) is 11.6 Å². The van der Waals surface area contributed by atoms with Crippen molar-refractivity contribution in [2.45, 2.75) is 6.18 Å². The van der Waals surface area contributed by atoms with E-state index in [1.807, 2.05) is 0 Å². The van der Waals surface area contributed by atoms with Crippen molar-refractivity contribution in [3.63, 3.8) is 0 Å². The van der Waals surface area contributed by atoms with E-state index in [0.29, 0.717) is 11.8 Å². The maximum atomic E-state index is 12.5. The van der Waals surface area contributed by atoms with Crippen molar-refractivity contribution in [3.05, 3.63) is 47.5 Å². The lowest BCUT2D eigenvalue weighted by molar-refractivity contribution is -0.137. The number of hydrogen-bond donors (Lipinski definition) is 0. The van der Waals surface area contributed by atoms with Crippen molar-refractivity contribution in [1.29, 1.82) is 0 Å². The molecular formula is C11H6ClF3N2. The molecule has 88 valence electrons. The first-order valence-electron chi connectivity index (χ1n) is 4.61. The third kappa shape index (κ3) is 2.55. The fraction of sp³-hybridized carbons (Fsp3) is 0.0909. The van der Waals surface area contributed by atoms with Crippen LogP contribution in [0.5, 0.6) is 0 Å². The fourth-order valence-electron chi connectivity index (χ4n) is 1.33. The van der Waals surface area contributed by atoms with Gasteiger partial charge in [0.15, 0.2) is 0 Å². The van der Waals surface area contributed by atoms with Crippen LogP contribution in [0.4, 0.5) is 13.2 Å². The van der Waals surface area contributed by atoms with Crippen LogP contribution in [-0.2, 0) is 6.18 Å². The van der Waals surface area contributed by atoms with Gasteiger partial charge in [0.1, 0.15) is 5.15 Å². The minimum Gasteiger partial charge on any atom is -0.264 e. The van der Waals surface area contributed by atoms with E-state index in [0.717, 1.165) is 6.07 Å². The number of rotatable bonds is 1. The molecule has 0 radical (unpaired) electrons. The number of aromatic nitrogens is 2. The third-order valence-corrected chi connectivity index (χ3v) is 2.44. The van der Waals surface area contributed by atoms with Crippen LogP contribution >= 0.6 is 11.6 Å². The Balaban J connectivity index is 2.55. The van der Waals surface area contributed by atoms with E-state index in [1.54, 1.807) is 12.1 Å². The summed E-state index contributed by atoms with van der Waals surface area (Å²) >= 11 is 5.77. The highest BCUT2D eigenvalue weighted by Crippen LogP contribution is 2.34. The summed E-state index contributed by atoms with van der Waals surface area (Å²) in [4.78, 5) is 7.37. The molecule has 2 rings (SSSR count). The van der Waals surface area contributed by atoms with Crippen LogP contribution in [-0.4, -0.2) is 9.97 Å². The standard InChI is InChI=1S/C11H6ClF3N2/c12-10-9(7-2-1-3-16-5-7)4-8(6-17-10)11(13,14)15/h1-6H. The minimum atomic E-state index is -4.44. The van der Waals surface area contributed by atoms with Crippen LogP contribution in [0.25, 0.3) is 11.1 Å². The first kappa shape index (κ1) is 11.9. The van der Waals surface area contributed by atoms with Gasteiger partial charge in [-0.15, -0.1) is 0 Å². The van der Waals surface area contributed by atoms with Crippen LogP contribution in [0.1, 0.15) is 5.56 Å². The molecule has 0 spiro atoms. The molecule has 0 saturated carbocycles. The summed E-state index contributed by atoms with van der Waals surface area (Å²) in [5.74, 6) is 0. The molecule has 0 aliphatic rings. The highest BCUT2D eigenvalue weighted by molar-refractivity contribution is 6.32. The van der Waals surface area contributed by atoms with Crippen LogP contribution in [0.15, 0.2) is 36.8 Å². The van der Waals surface area contributed by atoms with Crippen LogP contribution in [0.2, 0.25) is 5.15 Å². The molecule has 0 aliphatic carbocycles. The summed E-state index contributed by atoms with van der Waals surface area (Å²) in [6, 6.07) is 4.20. The Morgan fingerprint density at radius 2 is 1.94 bits per heavy atom. The Morgan fingerprint density at radius 3 is 2.53 bits per heavy atom. The molecule has 0 saturated heterocycles. The van der Waals surface area contributed by atoms with Crippen LogP contribution in [0, 0.1) is 0 Å². The van der Waals surface area contributed by atoms with E-state index >= 15 is 0 Å². The van der Waals surface area contributed by atoms with Gasteiger partial charge in [-0.3, -0.25) is 4.98 Å². The Hall–Kier alpha value is -1.62. The molecule has 0 aliphatic heterocycles. The first-order chi connectivity index (χ1) is 7.98. The zero-order valence-electron chi connectivity index (χ0n) is 8.37. The second-order valence-electron chi connectivity index (χ2n) is 3.30. The van der Waals surface area contributed by atoms with Gasteiger partial charge in [0.05, 0.1) is 5.56 Å². The quantitative estimate of drug-likeness (QED) is 0.727. The lowest BCUT2D eigenvalue weighted by atomic mass is 10.1. The highest BCUT2D eigenvalue weighted by Gasteiger charge is 2.31. The molecule has 0 N–H and O–H groups in total. The fourth-order valence-corrected chi connectivity index (χ4v) is 1.54. The average molecular weight is 259 g/mol. The smallest absolute Gasteiger partial charge is 0.264 e. The van der Waals surface area contributed by atoms with Crippen molar-refractivity contribution < 1.29 is 13.2 Å². The van der Waals surface area contributed by atoms with E-state index in [1.165, 1.54) is 12.4 Å². The largest absolute Gasteiger partial charge is 0.417 e. The predicted molar refractivity (Wildman–Crippen MR) is 57.5 cm³/mol. The predicted octanol–water partition coefficient (Wildman–Crippen LogP) is 3.82. The molecule has 2 aromatic rings. The van der Waals surface area contributed by atoms with Crippen molar-refractivity contribution in [2.75, 3.05) is 0 Å². The molecule has 6 heteroatoms. The summed E-state index contributed by atoms with van der Waals surface area (Å²) in [7, 11) is 0. The Labute approximate surface area is 100 Å². The number of halogens is 4. The summed E-state index contributed by atoms with van der Waals surface area (Å²) in [5, 5.41) is 0.0194. The SMILES string of the molecule is FC(F)(F)c1cnc(Cl)c(-c2cccnc2)c1. The van der Waals surface area contributed by atoms with Gasteiger partial charge in [-0.25, -0.2) is 4.98 Å². The normalized spacial score (nSPS) is 11.5. The molecule has 2 nitrogen and oxygen atoms in total. The van der Waals surface area contributed by atoms with Crippen molar-refractivity contribution in [3.8, 4) is 11.1 Å². The van der Waals surface area contributed by atoms with Gasteiger partial charge in [0.2, 0.25) is 0 Å². The summed E-state index contributed by atoms with van der Waals surface area (Å²) in [5.41, 5.74) is -0.119. The van der Waals surface area contributed by atoms with Gasteiger partial charge in [0, 0.05) is 29.7 Å². The van der Waals surface area contributed by atoms with Crippen LogP contribution < -0.4 is 0 Å². The number of hydrogen-bond acceptors (Lipinski definition) is 2. The zero-order chi connectivity index (χ0) is 12.5. The second-order valence-corrected chi connectivity index (χ2v) is 3.66. The summed E-state index contributed by atoms with van der Waals surface area (Å²) in [6.07, 6.45) is -0.766. The van der Waals surface area contributed by atoms with Gasteiger partial charge < -0.3 is 0 Å². The average Bonchev–Trinajstić information content (AvgIpc) is 2.29. The zero-order valence-corrected chi connectivity index (χ0v) is 9.13. The third-order valence-electron chi connectivity index (χ3n) is 2.14. The molecule has 17 heavy (non-hydrogen) atoms. The van der Waals surface area contributed by atoms with Gasteiger partial charge in [-0.05, 0) is 12.1 Å². The summed E-state index contributed by atoms with van der Waals surface area (Å²) < 4.78 is 37.5. The molecule has 0 atom stereocenters. The Bertz CT molecular complexity index is 526. The van der Waals surface area contributed by atoms with E-state index in [9.17, 15) is 13.2 Å². The molecular weight excluding hydrogens is 253 g/mol. The van der Waals surface area contributed by atoms with Gasteiger partial charge in [-0.1, -0.05) is 17.7 Å². The maximum Gasteiger partial charge on any atom is 0.417 e. The minimum absolute atomic E-state index is 0.0194. The summed E-state index contributed by atoms with van der Waals surface area (Å²) in [6.45, 7) is 0. The molecule has 0 unspecified atom stereocenters. The highest BCUT2D eigenvalue weighted by atomic mass is 35.5. The molecule has 0 amide bonds.